The minimum Gasteiger partial charge on any atom is -0.444 e. The number of non-ortho nitro benzene ring substituents is 1. The van der Waals surface area contributed by atoms with Crippen molar-refractivity contribution in [3.8, 4) is 0 Å². The Kier molecular flexibility index (Phi) is 5.07. The average molecular weight is 280 g/mol. The molecule has 0 aliphatic carbocycles. The van der Waals surface area contributed by atoms with Crippen LogP contribution in [0.25, 0.3) is 0 Å². The average Bonchev–Trinajstić information content (AvgIpc) is 2.34. The summed E-state index contributed by atoms with van der Waals surface area (Å²) in [6.07, 6.45) is 0.0799. The molecule has 0 heterocycles. The van der Waals surface area contributed by atoms with Gasteiger partial charge in [0.15, 0.2) is 0 Å². The maximum absolute atomic E-state index is 11.8. The zero-order valence-electron chi connectivity index (χ0n) is 12.2. The first-order chi connectivity index (χ1) is 9.23. The maximum Gasteiger partial charge on any atom is 0.408 e. The van der Waals surface area contributed by atoms with E-state index in [2.05, 4.69) is 5.32 Å². The van der Waals surface area contributed by atoms with E-state index in [0.717, 1.165) is 0 Å². The fourth-order valence-electron chi connectivity index (χ4n) is 1.73. The molecule has 1 aromatic carbocycles. The van der Waals surface area contributed by atoms with Crippen molar-refractivity contribution in [3.63, 3.8) is 0 Å². The number of ether oxygens (including phenoxy) is 1. The van der Waals surface area contributed by atoms with Crippen LogP contribution in [0.2, 0.25) is 0 Å². The predicted molar refractivity (Wildman–Crippen MR) is 75.5 cm³/mol. The van der Waals surface area contributed by atoms with Crippen molar-refractivity contribution < 1.29 is 14.5 Å². The molecule has 0 bridgehead atoms. The SMILES string of the molecule is CC[C@H](NC(=O)OC(C)(C)C)c1cccc([N+](=O)[O-])c1. The number of nitro benzene ring substituents is 1. The maximum atomic E-state index is 11.8. The van der Waals surface area contributed by atoms with Gasteiger partial charge in [-0.1, -0.05) is 19.1 Å². The van der Waals surface area contributed by atoms with Gasteiger partial charge in [-0.3, -0.25) is 10.1 Å². The highest BCUT2D eigenvalue weighted by molar-refractivity contribution is 5.68. The minimum absolute atomic E-state index is 0.00642. The Morgan fingerprint density at radius 1 is 1.45 bits per heavy atom. The van der Waals surface area contributed by atoms with Crippen molar-refractivity contribution in [1.29, 1.82) is 0 Å². The Hall–Kier alpha value is -2.11. The molecule has 0 saturated heterocycles. The summed E-state index contributed by atoms with van der Waals surface area (Å²) in [5.74, 6) is 0. The van der Waals surface area contributed by atoms with E-state index in [1.54, 1.807) is 32.9 Å². The first-order valence-corrected chi connectivity index (χ1v) is 6.47. The van der Waals surface area contributed by atoms with E-state index in [9.17, 15) is 14.9 Å². The Morgan fingerprint density at radius 3 is 2.60 bits per heavy atom. The van der Waals surface area contributed by atoms with E-state index in [0.29, 0.717) is 12.0 Å². The van der Waals surface area contributed by atoms with Crippen LogP contribution in [0.1, 0.15) is 45.7 Å². The molecule has 1 amide bonds. The number of alkyl carbamates (subject to hydrolysis) is 1. The van der Waals surface area contributed by atoms with Gasteiger partial charge >= 0.3 is 6.09 Å². The van der Waals surface area contributed by atoms with Crippen LogP contribution in [0, 0.1) is 10.1 Å². The van der Waals surface area contributed by atoms with E-state index in [4.69, 9.17) is 4.74 Å². The molecule has 0 aliphatic heterocycles. The molecule has 1 atom stereocenters. The third kappa shape index (κ3) is 4.87. The highest BCUT2D eigenvalue weighted by Crippen LogP contribution is 2.22. The summed E-state index contributed by atoms with van der Waals surface area (Å²) in [6, 6.07) is 5.92. The first-order valence-electron chi connectivity index (χ1n) is 6.47. The van der Waals surface area contributed by atoms with Gasteiger partial charge in [0.2, 0.25) is 0 Å². The van der Waals surface area contributed by atoms with Crippen LogP contribution in [0.15, 0.2) is 24.3 Å². The van der Waals surface area contributed by atoms with Crippen molar-refractivity contribution in [2.24, 2.45) is 0 Å². The number of carbonyl (C=O) groups excluding carboxylic acids is 1. The van der Waals surface area contributed by atoms with Crippen LogP contribution in [0.5, 0.6) is 0 Å². The number of nitrogens with one attached hydrogen (secondary N) is 1. The number of hydrogen-bond acceptors (Lipinski definition) is 4. The Labute approximate surface area is 118 Å². The van der Waals surface area contributed by atoms with Gasteiger partial charge in [0.05, 0.1) is 11.0 Å². The molecule has 0 radical (unpaired) electrons. The fourth-order valence-corrected chi connectivity index (χ4v) is 1.73. The lowest BCUT2D eigenvalue weighted by Crippen LogP contribution is -2.34. The second-order valence-corrected chi connectivity index (χ2v) is 5.46. The number of amides is 1. The number of benzene rings is 1. The van der Waals surface area contributed by atoms with Crippen LogP contribution in [0.4, 0.5) is 10.5 Å². The summed E-state index contributed by atoms with van der Waals surface area (Å²) >= 11 is 0. The topological polar surface area (TPSA) is 81.5 Å². The lowest BCUT2D eigenvalue weighted by molar-refractivity contribution is -0.384. The number of carbonyl (C=O) groups is 1. The van der Waals surface area contributed by atoms with Gasteiger partial charge in [-0.15, -0.1) is 0 Å². The smallest absolute Gasteiger partial charge is 0.408 e. The van der Waals surface area contributed by atoms with Crippen LogP contribution in [0.3, 0.4) is 0 Å². The molecule has 1 rings (SSSR count). The third-order valence-electron chi connectivity index (χ3n) is 2.58. The van der Waals surface area contributed by atoms with Crippen molar-refractivity contribution >= 4 is 11.8 Å². The molecule has 0 spiro atoms. The van der Waals surface area contributed by atoms with Crippen molar-refractivity contribution in [1.82, 2.24) is 5.32 Å². The van der Waals surface area contributed by atoms with Crippen molar-refractivity contribution in [3.05, 3.63) is 39.9 Å². The molecule has 0 aliphatic rings. The molecule has 0 unspecified atom stereocenters. The largest absolute Gasteiger partial charge is 0.444 e. The standard InChI is InChI=1S/C14H20N2O4/c1-5-12(15-13(17)20-14(2,3)4)10-7-6-8-11(9-10)16(18)19/h6-9,12H,5H2,1-4H3,(H,15,17)/t12-/m0/s1. The zero-order valence-corrected chi connectivity index (χ0v) is 12.2. The molecule has 1 aromatic rings. The van der Waals surface area contributed by atoms with E-state index >= 15 is 0 Å². The molecule has 0 aromatic heterocycles. The van der Waals surface area contributed by atoms with Gasteiger partial charge in [-0.05, 0) is 32.8 Å². The molecule has 6 nitrogen and oxygen atoms in total. The van der Waals surface area contributed by atoms with Crippen LogP contribution in [-0.4, -0.2) is 16.6 Å². The van der Waals surface area contributed by atoms with Gasteiger partial charge in [0.1, 0.15) is 5.60 Å². The summed E-state index contributed by atoms with van der Waals surface area (Å²) in [4.78, 5) is 22.1. The van der Waals surface area contributed by atoms with E-state index in [1.807, 2.05) is 6.92 Å². The lowest BCUT2D eigenvalue weighted by atomic mass is 10.0. The van der Waals surface area contributed by atoms with E-state index in [-0.39, 0.29) is 11.7 Å². The number of rotatable bonds is 4. The highest BCUT2D eigenvalue weighted by atomic mass is 16.6. The van der Waals surface area contributed by atoms with Crippen LogP contribution >= 0.6 is 0 Å². The van der Waals surface area contributed by atoms with Gasteiger partial charge in [0, 0.05) is 12.1 Å². The molecule has 0 saturated carbocycles. The van der Waals surface area contributed by atoms with Gasteiger partial charge < -0.3 is 10.1 Å². The van der Waals surface area contributed by atoms with Crippen molar-refractivity contribution in [2.45, 2.75) is 45.8 Å². The monoisotopic (exact) mass is 280 g/mol. The zero-order chi connectivity index (χ0) is 15.3. The number of nitro groups is 1. The van der Waals surface area contributed by atoms with E-state index < -0.39 is 16.6 Å². The van der Waals surface area contributed by atoms with Crippen LogP contribution < -0.4 is 5.32 Å². The number of nitrogens with zero attached hydrogens (tertiary/aromatic N) is 1. The summed E-state index contributed by atoms with van der Waals surface area (Å²) in [5.41, 5.74) is 0.116. The Bertz CT molecular complexity index is 494. The minimum atomic E-state index is -0.578. The predicted octanol–water partition coefficient (Wildman–Crippen LogP) is 3.57. The van der Waals surface area contributed by atoms with Crippen molar-refractivity contribution in [2.75, 3.05) is 0 Å². The highest BCUT2D eigenvalue weighted by Gasteiger charge is 2.20. The summed E-state index contributed by atoms with van der Waals surface area (Å²) in [5, 5.41) is 13.5. The molecule has 20 heavy (non-hydrogen) atoms. The molecule has 6 heteroatoms. The van der Waals surface area contributed by atoms with Gasteiger partial charge in [-0.25, -0.2) is 4.79 Å². The second-order valence-electron chi connectivity index (χ2n) is 5.46. The Morgan fingerprint density at radius 2 is 2.10 bits per heavy atom. The molecule has 0 fully saturated rings. The third-order valence-corrected chi connectivity index (χ3v) is 2.58. The Balaban J connectivity index is 2.83. The molecular weight excluding hydrogens is 260 g/mol. The lowest BCUT2D eigenvalue weighted by Gasteiger charge is -2.23. The van der Waals surface area contributed by atoms with Crippen LogP contribution in [-0.2, 0) is 4.74 Å². The molecular formula is C14H20N2O4. The first kappa shape index (κ1) is 15.9. The summed E-state index contributed by atoms with van der Waals surface area (Å²) in [6.45, 7) is 7.23. The summed E-state index contributed by atoms with van der Waals surface area (Å²) < 4.78 is 5.19. The second kappa shape index (κ2) is 6.36. The molecule has 110 valence electrons. The number of hydrogen-bond donors (Lipinski definition) is 1. The van der Waals surface area contributed by atoms with Gasteiger partial charge in [0.25, 0.3) is 5.69 Å². The quantitative estimate of drug-likeness (QED) is 0.675. The fraction of sp³-hybridized carbons (Fsp3) is 0.500. The summed E-state index contributed by atoms with van der Waals surface area (Å²) in [7, 11) is 0. The van der Waals surface area contributed by atoms with E-state index in [1.165, 1.54) is 12.1 Å². The normalized spacial score (nSPS) is 12.6. The molecule has 1 N–H and O–H groups in total. The van der Waals surface area contributed by atoms with Gasteiger partial charge in [-0.2, -0.15) is 0 Å².